The van der Waals surface area contributed by atoms with E-state index in [9.17, 15) is 9.90 Å². The molecule has 1 aromatic heterocycles. The fraction of sp³-hybridized carbons (Fsp3) is 0.286. The normalized spacial score (nSPS) is 14.9. The van der Waals surface area contributed by atoms with Crippen molar-refractivity contribution in [2.75, 3.05) is 0 Å². The highest BCUT2D eigenvalue weighted by molar-refractivity contribution is 7.96. The Morgan fingerprint density at radius 3 is 2.64 bits per heavy atom. The second-order valence-corrected chi connectivity index (χ2v) is 3.32. The lowest BCUT2D eigenvalue weighted by Crippen LogP contribution is -2.25. The first-order valence-electron chi connectivity index (χ1n) is 3.58. The number of aliphatic hydroxyl groups excluding tert-OH is 2. The first-order valence-corrected chi connectivity index (χ1v) is 4.41. The molecular weight excluding hydrogens is 228 g/mol. The summed E-state index contributed by atoms with van der Waals surface area (Å²) in [5.41, 5.74) is 0.0207. The predicted molar refractivity (Wildman–Crippen MR) is 52.0 cm³/mol. The van der Waals surface area contributed by atoms with Crippen LogP contribution in [0.2, 0.25) is 5.15 Å². The van der Waals surface area contributed by atoms with Crippen molar-refractivity contribution in [3.63, 3.8) is 0 Å². The fourth-order valence-corrected chi connectivity index (χ4v) is 1.09. The Bertz CT molecular complexity index is 349. The van der Waals surface area contributed by atoms with Gasteiger partial charge < -0.3 is 10.2 Å². The third kappa shape index (κ3) is 2.65. The number of thiol groups is 1. The van der Waals surface area contributed by atoms with Gasteiger partial charge in [0.05, 0.1) is 18.1 Å². The first kappa shape index (κ1) is 11.4. The molecule has 0 saturated heterocycles. The molecule has 0 radical (unpaired) electrons. The quantitative estimate of drug-likeness (QED) is 0.641. The lowest BCUT2D eigenvalue weighted by Gasteiger charge is -2.13. The monoisotopic (exact) mass is 234 g/mol. The topological polar surface area (TPSA) is 83.3 Å². The highest BCUT2D eigenvalue weighted by Crippen LogP contribution is 2.16. The van der Waals surface area contributed by atoms with E-state index in [0.29, 0.717) is 0 Å². The van der Waals surface area contributed by atoms with Crippen LogP contribution in [0.5, 0.6) is 0 Å². The van der Waals surface area contributed by atoms with Crippen molar-refractivity contribution in [1.82, 2.24) is 9.97 Å². The van der Waals surface area contributed by atoms with Gasteiger partial charge in [0.1, 0.15) is 11.3 Å². The predicted octanol–water partition coefficient (Wildman–Crippen LogP) is -0.0193. The molecule has 0 aliphatic rings. The summed E-state index contributed by atoms with van der Waals surface area (Å²) in [6.45, 7) is 0. The Labute approximate surface area is 90.2 Å². The minimum Gasteiger partial charge on any atom is -0.383 e. The van der Waals surface area contributed by atoms with Gasteiger partial charge in [0.15, 0.2) is 6.10 Å². The van der Waals surface area contributed by atoms with Crippen molar-refractivity contribution in [1.29, 1.82) is 0 Å². The van der Waals surface area contributed by atoms with Crippen molar-refractivity contribution in [3.05, 3.63) is 23.2 Å². The van der Waals surface area contributed by atoms with E-state index < -0.39 is 17.3 Å². The first-order chi connectivity index (χ1) is 6.52. The molecule has 7 heteroatoms. The van der Waals surface area contributed by atoms with Gasteiger partial charge >= 0.3 is 0 Å². The van der Waals surface area contributed by atoms with Gasteiger partial charge in [-0.05, 0) is 0 Å². The fourth-order valence-electron chi connectivity index (χ4n) is 0.796. The van der Waals surface area contributed by atoms with Gasteiger partial charge in [0.25, 0.3) is 0 Å². The molecule has 1 aromatic rings. The Hall–Kier alpha value is -0.690. The summed E-state index contributed by atoms with van der Waals surface area (Å²) in [5, 5.41) is 17.8. The van der Waals surface area contributed by atoms with E-state index in [2.05, 4.69) is 22.6 Å². The van der Waals surface area contributed by atoms with E-state index in [0.717, 1.165) is 0 Å². The number of hydrogen-bond donors (Lipinski definition) is 3. The smallest absolute Gasteiger partial charge is 0.217 e. The van der Waals surface area contributed by atoms with Crippen molar-refractivity contribution < 1.29 is 15.0 Å². The van der Waals surface area contributed by atoms with Crippen LogP contribution in [-0.4, -0.2) is 31.4 Å². The Morgan fingerprint density at radius 2 is 2.14 bits per heavy atom. The third-order valence-corrected chi connectivity index (χ3v) is 1.93. The minimum atomic E-state index is -1.63. The minimum absolute atomic E-state index is 0.0207. The number of rotatable bonds is 3. The molecular formula is C7H7ClN2O3S. The van der Waals surface area contributed by atoms with Crippen molar-refractivity contribution in [3.8, 4) is 0 Å². The molecule has 2 N–H and O–H groups in total. The molecule has 0 aliphatic carbocycles. The van der Waals surface area contributed by atoms with Gasteiger partial charge in [-0.15, -0.1) is 12.6 Å². The average Bonchev–Trinajstić information content (AvgIpc) is 2.15. The van der Waals surface area contributed by atoms with Gasteiger partial charge in [-0.1, -0.05) is 11.6 Å². The SMILES string of the molecule is O=C(S)[C@H](O)[C@@H](O)c1cncc(Cl)n1. The number of halogens is 1. The number of nitrogens with zero attached hydrogens (tertiary/aromatic N) is 2. The van der Waals surface area contributed by atoms with Crippen LogP contribution in [0.1, 0.15) is 11.8 Å². The van der Waals surface area contributed by atoms with Crippen LogP contribution in [0.3, 0.4) is 0 Å². The van der Waals surface area contributed by atoms with E-state index in [4.69, 9.17) is 16.7 Å². The van der Waals surface area contributed by atoms with Crippen LogP contribution in [0.4, 0.5) is 0 Å². The summed E-state index contributed by atoms with van der Waals surface area (Å²) in [4.78, 5) is 17.9. The Balaban J connectivity index is 2.89. The summed E-state index contributed by atoms with van der Waals surface area (Å²) in [6, 6.07) is 0. The van der Waals surface area contributed by atoms with E-state index in [1.807, 2.05) is 0 Å². The molecule has 0 bridgehead atoms. The molecule has 0 fully saturated rings. The molecule has 0 amide bonds. The maximum absolute atomic E-state index is 10.6. The lowest BCUT2D eigenvalue weighted by molar-refractivity contribution is -0.123. The van der Waals surface area contributed by atoms with Gasteiger partial charge in [-0.3, -0.25) is 9.78 Å². The molecule has 0 aliphatic heterocycles. The summed E-state index contributed by atoms with van der Waals surface area (Å²) in [5.74, 6) is 0. The van der Waals surface area contributed by atoms with Crippen LogP contribution in [0.25, 0.3) is 0 Å². The summed E-state index contributed by atoms with van der Waals surface area (Å²) in [6.07, 6.45) is -0.624. The Kier molecular flexibility index (Phi) is 3.82. The van der Waals surface area contributed by atoms with Crippen molar-refractivity contribution in [2.45, 2.75) is 12.2 Å². The highest BCUT2D eigenvalue weighted by atomic mass is 35.5. The van der Waals surface area contributed by atoms with E-state index >= 15 is 0 Å². The summed E-state index contributed by atoms with van der Waals surface area (Å²) < 4.78 is 0. The molecule has 0 saturated carbocycles. The molecule has 0 spiro atoms. The van der Waals surface area contributed by atoms with E-state index in [-0.39, 0.29) is 10.8 Å². The van der Waals surface area contributed by atoms with Crippen LogP contribution >= 0.6 is 24.2 Å². The van der Waals surface area contributed by atoms with Crippen molar-refractivity contribution in [2.24, 2.45) is 0 Å². The average molecular weight is 235 g/mol. The van der Waals surface area contributed by atoms with E-state index in [1.54, 1.807) is 0 Å². The Morgan fingerprint density at radius 1 is 1.50 bits per heavy atom. The zero-order valence-electron chi connectivity index (χ0n) is 6.83. The third-order valence-electron chi connectivity index (χ3n) is 1.48. The molecule has 1 rings (SSSR count). The maximum Gasteiger partial charge on any atom is 0.217 e. The summed E-state index contributed by atoms with van der Waals surface area (Å²) in [7, 11) is 0. The molecule has 14 heavy (non-hydrogen) atoms. The second-order valence-electron chi connectivity index (χ2n) is 2.49. The second kappa shape index (κ2) is 4.70. The number of aliphatic hydroxyl groups is 2. The highest BCUT2D eigenvalue weighted by Gasteiger charge is 2.24. The van der Waals surface area contributed by atoms with Gasteiger partial charge in [0, 0.05) is 0 Å². The number of aromatic nitrogens is 2. The van der Waals surface area contributed by atoms with Gasteiger partial charge in [-0.2, -0.15) is 0 Å². The van der Waals surface area contributed by atoms with Crippen LogP contribution in [0, 0.1) is 0 Å². The number of hydrogen-bond acceptors (Lipinski definition) is 5. The largest absolute Gasteiger partial charge is 0.383 e. The van der Waals surface area contributed by atoms with Crippen LogP contribution < -0.4 is 0 Å². The molecule has 5 nitrogen and oxygen atoms in total. The van der Waals surface area contributed by atoms with Crippen LogP contribution in [-0.2, 0) is 4.79 Å². The molecule has 0 unspecified atom stereocenters. The number of carbonyl (C=O) groups excluding carboxylic acids is 1. The lowest BCUT2D eigenvalue weighted by atomic mass is 10.1. The van der Waals surface area contributed by atoms with Crippen LogP contribution in [0.15, 0.2) is 12.4 Å². The standard InChI is InChI=1S/C7H7ClN2O3S/c8-4-2-9-1-3(10-4)5(11)6(12)7(13)14/h1-2,5-6,11-12H,(H,13,14)/t5-,6+/m0/s1. The van der Waals surface area contributed by atoms with E-state index in [1.165, 1.54) is 12.4 Å². The zero-order valence-corrected chi connectivity index (χ0v) is 8.48. The molecule has 0 aromatic carbocycles. The maximum atomic E-state index is 10.6. The molecule has 76 valence electrons. The zero-order chi connectivity index (χ0) is 10.7. The summed E-state index contributed by atoms with van der Waals surface area (Å²) >= 11 is 8.88. The van der Waals surface area contributed by atoms with Crippen molar-refractivity contribution >= 4 is 29.3 Å². The molecule has 1 heterocycles. The number of carbonyl (C=O) groups is 1. The van der Waals surface area contributed by atoms with Gasteiger partial charge in [-0.25, -0.2) is 4.98 Å². The molecule has 2 atom stereocenters. The van der Waals surface area contributed by atoms with Gasteiger partial charge in [0.2, 0.25) is 5.12 Å².